The van der Waals surface area contributed by atoms with Gasteiger partial charge in [0, 0.05) is 30.5 Å². The van der Waals surface area contributed by atoms with Crippen molar-refractivity contribution in [1.82, 2.24) is 29.3 Å². The van der Waals surface area contributed by atoms with Crippen LogP contribution in [-0.4, -0.2) is 60.3 Å². The highest BCUT2D eigenvalue weighted by Gasteiger charge is 2.23. The van der Waals surface area contributed by atoms with E-state index in [2.05, 4.69) is 25.4 Å². The largest absolute Gasteiger partial charge is 0.393 e. The van der Waals surface area contributed by atoms with Gasteiger partial charge in [0.05, 0.1) is 37.3 Å². The van der Waals surface area contributed by atoms with Crippen LogP contribution in [0.2, 0.25) is 0 Å². The Balaban J connectivity index is 1.41. The lowest BCUT2D eigenvalue weighted by molar-refractivity contribution is 0.182. The van der Waals surface area contributed by atoms with Gasteiger partial charge in [-0.05, 0) is 37.5 Å². The summed E-state index contributed by atoms with van der Waals surface area (Å²) in [4.78, 5) is 13.3. The number of aliphatic hydroxyl groups excluding tert-OH is 1. The number of halogens is 1. The molecule has 1 saturated carbocycles. The van der Waals surface area contributed by atoms with E-state index in [1.807, 2.05) is 6.07 Å². The van der Waals surface area contributed by atoms with Crippen molar-refractivity contribution in [1.29, 1.82) is 0 Å². The van der Waals surface area contributed by atoms with E-state index in [1.54, 1.807) is 47.3 Å². The maximum Gasteiger partial charge on any atom is 0.224 e. The second-order valence-corrected chi connectivity index (χ2v) is 7.97. The molecule has 1 aliphatic rings. The van der Waals surface area contributed by atoms with Gasteiger partial charge in [-0.2, -0.15) is 10.1 Å². The molecule has 32 heavy (non-hydrogen) atoms. The van der Waals surface area contributed by atoms with Crippen molar-refractivity contribution in [3.05, 3.63) is 48.9 Å². The van der Waals surface area contributed by atoms with Crippen molar-refractivity contribution in [3.8, 4) is 16.8 Å². The second kappa shape index (κ2) is 8.64. The standard InChI is InChI=1S/C22H24FN7O2/c1-32-7-6-29-12-14(10-26-29)18-5-3-16(9-19(18)23)30-13-25-20-11-24-22(28-21(20)30)27-15-2-4-17(31)8-15/h3,5,9-13,15,17,31H,2,4,6-8H2,1H3,(H,24,27,28). The lowest BCUT2D eigenvalue weighted by Gasteiger charge is -2.12. The van der Waals surface area contributed by atoms with E-state index in [0.29, 0.717) is 53.5 Å². The molecule has 0 spiro atoms. The van der Waals surface area contributed by atoms with E-state index in [9.17, 15) is 5.11 Å². The number of hydrogen-bond donors (Lipinski definition) is 2. The van der Waals surface area contributed by atoms with Gasteiger partial charge in [-0.3, -0.25) is 9.25 Å². The Kier molecular flexibility index (Phi) is 5.54. The first-order valence-electron chi connectivity index (χ1n) is 10.6. The number of aromatic nitrogens is 6. The van der Waals surface area contributed by atoms with Crippen LogP contribution in [0.3, 0.4) is 0 Å². The van der Waals surface area contributed by atoms with Crippen molar-refractivity contribution in [2.75, 3.05) is 19.0 Å². The minimum Gasteiger partial charge on any atom is -0.393 e. The number of rotatable bonds is 7. The molecular formula is C22H24FN7O2. The predicted molar refractivity (Wildman–Crippen MR) is 117 cm³/mol. The van der Waals surface area contributed by atoms with E-state index in [-0.39, 0.29) is 18.0 Å². The first-order chi connectivity index (χ1) is 15.6. The van der Waals surface area contributed by atoms with Gasteiger partial charge in [-0.1, -0.05) is 0 Å². The number of nitrogens with one attached hydrogen (secondary N) is 1. The third-order valence-electron chi connectivity index (χ3n) is 5.73. The number of aliphatic hydroxyl groups is 1. The number of benzene rings is 1. The molecule has 2 atom stereocenters. The SMILES string of the molecule is COCCn1cc(-c2ccc(-n3cnc4cnc(NC5CCC(O)C5)nc43)cc2F)cn1. The Labute approximate surface area is 183 Å². The summed E-state index contributed by atoms with van der Waals surface area (Å²) in [5.41, 5.74) is 2.99. The first kappa shape index (κ1) is 20.5. The zero-order valence-corrected chi connectivity index (χ0v) is 17.6. The van der Waals surface area contributed by atoms with E-state index in [0.717, 1.165) is 12.8 Å². The maximum absolute atomic E-state index is 15.0. The van der Waals surface area contributed by atoms with Gasteiger partial charge < -0.3 is 15.2 Å². The minimum atomic E-state index is -0.358. The molecule has 1 fully saturated rings. The number of methoxy groups -OCH3 is 1. The minimum absolute atomic E-state index is 0.139. The molecule has 9 nitrogen and oxygen atoms in total. The summed E-state index contributed by atoms with van der Waals surface area (Å²) in [7, 11) is 1.63. The smallest absolute Gasteiger partial charge is 0.224 e. The van der Waals surface area contributed by atoms with E-state index >= 15 is 4.39 Å². The van der Waals surface area contributed by atoms with Crippen molar-refractivity contribution in [3.63, 3.8) is 0 Å². The Morgan fingerprint density at radius 3 is 2.94 bits per heavy atom. The molecule has 0 bridgehead atoms. The monoisotopic (exact) mass is 437 g/mol. The van der Waals surface area contributed by atoms with Gasteiger partial charge >= 0.3 is 0 Å². The Morgan fingerprint density at radius 1 is 1.25 bits per heavy atom. The zero-order valence-electron chi connectivity index (χ0n) is 17.6. The topological polar surface area (TPSA) is 103 Å². The van der Waals surface area contributed by atoms with Crippen LogP contribution in [-0.2, 0) is 11.3 Å². The molecule has 166 valence electrons. The molecule has 3 aromatic heterocycles. The van der Waals surface area contributed by atoms with E-state index in [4.69, 9.17) is 4.74 Å². The maximum atomic E-state index is 15.0. The number of imidazole rings is 1. The number of anilines is 1. The molecule has 1 aromatic carbocycles. The molecule has 0 saturated heterocycles. The highest BCUT2D eigenvalue weighted by molar-refractivity contribution is 5.74. The highest BCUT2D eigenvalue weighted by Crippen LogP contribution is 2.27. The molecular weight excluding hydrogens is 413 g/mol. The van der Waals surface area contributed by atoms with E-state index < -0.39 is 0 Å². The fraction of sp³-hybridized carbons (Fsp3) is 0.364. The average Bonchev–Trinajstić information content (AvgIpc) is 3.52. The van der Waals surface area contributed by atoms with Gasteiger partial charge in [-0.25, -0.2) is 14.4 Å². The van der Waals surface area contributed by atoms with Crippen molar-refractivity contribution < 1.29 is 14.2 Å². The second-order valence-electron chi connectivity index (χ2n) is 7.97. The third kappa shape index (κ3) is 4.06. The molecule has 0 amide bonds. The van der Waals surface area contributed by atoms with Crippen LogP contribution in [0.15, 0.2) is 43.1 Å². The summed E-state index contributed by atoms with van der Waals surface area (Å²) in [5.74, 6) is 0.113. The Bertz CT molecular complexity index is 1240. The highest BCUT2D eigenvalue weighted by atomic mass is 19.1. The summed E-state index contributed by atoms with van der Waals surface area (Å²) in [6.07, 6.45) is 8.74. The Morgan fingerprint density at radius 2 is 2.16 bits per heavy atom. The van der Waals surface area contributed by atoms with Crippen LogP contribution < -0.4 is 5.32 Å². The van der Waals surface area contributed by atoms with Gasteiger partial charge in [0.25, 0.3) is 0 Å². The van der Waals surface area contributed by atoms with Crippen LogP contribution in [0.5, 0.6) is 0 Å². The van der Waals surface area contributed by atoms with Crippen LogP contribution >= 0.6 is 0 Å². The summed E-state index contributed by atoms with van der Waals surface area (Å²) in [5, 5.41) is 17.3. The predicted octanol–water partition coefficient (Wildman–Crippen LogP) is 2.79. The molecule has 2 N–H and O–H groups in total. The lowest BCUT2D eigenvalue weighted by Crippen LogP contribution is -2.18. The number of hydrogen-bond acceptors (Lipinski definition) is 7. The van der Waals surface area contributed by atoms with Crippen molar-refractivity contribution in [2.45, 2.75) is 38.0 Å². The molecule has 3 heterocycles. The molecule has 2 unspecified atom stereocenters. The van der Waals surface area contributed by atoms with Crippen LogP contribution in [0.1, 0.15) is 19.3 Å². The van der Waals surface area contributed by atoms with Crippen LogP contribution in [0, 0.1) is 5.82 Å². The van der Waals surface area contributed by atoms with Gasteiger partial charge in [0.1, 0.15) is 17.7 Å². The van der Waals surface area contributed by atoms with Crippen LogP contribution in [0.25, 0.3) is 28.0 Å². The third-order valence-corrected chi connectivity index (χ3v) is 5.73. The summed E-state index contributed by atoms with van der Waals surface area (Å²) < 4.78 is 23.5. The van der Waals surface area contributed by atoms with Gasteiger partial charge in [0.15, 0.2) is 5.65 Å². The number of fused-ring (bicyclic) bond motifs is 1. The molecule has 1 aliphatic carbocycles. The fourth-order valence-electron chi connectivity index (χ4n) is 4.04. The quantitative estimate of drug-likeness (QED) is 0.458. The van der Waals surface area contributed by atoms with Gasteiger partial charge in [-0.15, -0.1) is 0 Å². The molecule has 0 radical (unpaired) electrons. The van der Waals surface area contributed by atoms with Crippen molar-refractivity contribution >= 4 is 17.1 Å². The fourth-order valence-corrected chi connectivity index (χ4v) is 4.04. The lowest BCUT2D eigenvalue weighted by atomic mass is 10.1. The molecule has 4 aromatic rings. The summed E-state index contributed by atoms with van der Waals surface area (Å²) in [6, 6.07) is 5.16. The normalized spacial score (nSPS) is 18.5. The average molecular weight is 437 g/mol. The Hall–Kier alpha value is -3.37. The van der Waals surface area contributed by atoms with Gasteiger partial charge in [0.2, 0.25) is 5.95 Å². The molecule has 5 rings (SSSR count). The zero-order chi connectivity index (χ0) is 22.1. The summed E-state index contributed by atoms with van der Waals surface area (Å²) >= 11 is 0. The van der Waals surface area contributed by atoms with E-state index in [1.165, 1.54) is 6.07 Å². The summed E-state index contributed by atoms with van der Waals surface area (Å²) in [6.45, 7) is 1.14. The number of ether oxygens (including phenoxy) is 1. The first-order valence-corrected chi connectivity index (χ1v) is 10.6. The molecule has 0 aliphatic heterocycles. The number of nitrogens with zero attached hydrogens (tertiary/aromatic N) is 6. The van der Waals surface area contributed by atoms with Crippen molar-refractivity contribution in [2.24, 2.45) is 0 Å². The molecule has 10 heteroatoms. The van der Waals surface area contributed by atoms with Crippen LogP contribution in [0.4, 0.5) is 10.3 Å².